The molecule has 1 fully saturated rings. The Labute approximate surface area is 270 Å². The van der Waals surface area contributed by atoms with Crippen molar-refractivity contribution < 1.29 is 18.0 Å². The summed E-state index contributed by atoms with van der Waals surface area (Å²) >= 11 is 0. The van der Waals surface area contributed by atoms with Crippen LogP contribution in [0.5, 0.6) is 0 Å². The number of nitrogens with zero attached hydrogens (tertiary/aromatic N) is 1. The van der Waals surface area contributed by atoms with E-state index in [4.69, 9.17) is 0 Å². The summed E-state index contributed by atoms with van der Waals surface area (Å²) in [6, 6.07) is 26.6. The summed E-state index contributed by atoms with van der Waals surface area (Å²) in [5, 5.41) is 6.01. The molecule has 3 aliphatic rings. The number of rotatable bonds is 11. The number of nitrogens with one attached hydrogen (secondary N) is 2. The van der Waals surface area contributed by atoms with E-state index < -0.39 is 18.1 Å². The molecule has 1 unspecified atom stereocenters. The number of piperidine rings is 1. The molecule has 7 heteroatoms. The van der Waals surface area contributed by atoms with Gasteiger partial charge in [-0.05, 0) is 79.3 Å². The number of halogens is 3. The summed E-state index contributed by atoms with van der Waals surface area (Å²) < 4.78 is 39.8. The number of fused-ring (bicyclic) bond motifs is 3. The van der Waals surface area contributed by atoms with Gasteiger partial charge in [-0.25, -0.2) is 0 Å². The standard InChI is InChI=1S/C39H44F3N3O/c1-28(43-27-39(40,41)42)38(35-19-9-7-16-32(35)33-17-8-10-20-36(33)38)23-11-12-24-45-25-21-30(22-26-45)44-37(46)34-18-6-5-15-31(34)29-13-3-2-4-14-29/h2-4,7-10,13-14,16-20,30-31,43H,1,5-6,11-12,15,21-27H2,(H,44,46). The molecule has 46 heavy (non-hydrogen) atoms. The van der Waals surface area contributed by atoms with Crippen molar-refractivity contribution in [2.75, 3.05) is 26.2 Å². The van der Waals surface area contributed by atoms with E-state index in [0.717, 1.165) is 92.4 Å². The van der Waals surface area contributed by atoms with Crippen LogP contribution in [0, 0.1) is 0 Å². The average molecular weight is 628 g/mol. The fraction of sp³-hybridized carbons (Fsp3) is 0.410. The number of allylic oxidation sites excluding steroid dienone is 2. The van der Waals surface area contributed by atoms with Crippen LogP contribution in [0.1, 0.15) is 74.0 Å². The summed E-state index contributed by atoms with van der Waals surface area (Å²) in [4.78, 5) is 15.8. The van der Waals surface area contributed by atoms with E-state index in [1.54, 1.807) is 0 Å². The lowest BCUT2D eigenvalue weighted by molar-refractivity contribution is -0.123. The van der Waals surface area contributed by atoms with Crippen molar-refractivity contribution in [1.82, 2.24) is 15.5 Å². The van der Waals surface area contributed by atoms with E-state index in [1.807, 2.05) is 54.6 Å². The second kappa shape index (κ2) is 13.9. The van der Waals surface area contributed by atoms with Gasteiger partial charge in [-0.1, -0.05) is 97.9 Å². The van der Waals surface area contributed by atoms with Crippen molar-refractivity contribution in [3.05, 3.63) is 119 Å². The van der Waals surface area contributed by atoms with E-state index in [2.05, 4.69) is 52.5 Å². The smallest absolute Gasteiger partial charge is 0.379 e. The lowest BCUT2D eigenvalue weighted by Crippen LogP contribution is -2.45. The molecular weight excluding hydrogens is 583 g/mol. The van der Waals surface area contributed by atoms with Crippen LogP contribution in [0.2, 0.25) is 0 Å². The van der Waals surface area contributed by atoms with Crippen molar-refractivity contribution in [1.29, 1.82) is 0 Å². The Balaban J connectivity index is 1.05. The van der Waals surface area contributed by atoms with Gasteiger partial charge in [0.15, 0.2) is 0 Å². The number of carbonyl (C=O) groups excluding carboxylic acids is 1. The van der Waals surface area contributed by atoms with Gasteiger partial charge in [-0.2, -0.15) is 13.2 Å². The fourth-order valence-electron chi connectivity index (χ4n) is 7.88. The van der Waals surface area contributed by atoms with Crippen LogP contribution < -0.4 is 10.6 Å². The first-order valence-corrected chi connectivity index (χ1v) is 16.7. The highest BCUT2D eigenvalue weighted by atomic mass is 19.4. The van der Waals surface area contributed by atoms with Gasteiger partial charge in [-0.15, -0.1) is 0 Å². The van der Waals surface area contributed by atoms with Crippen molar-refractivity contribution >= 4 is 5.91 Å². The minimum absolute atomic E-state index is 0.0776. The molecule has 1 aliphatic heterocycles. The first-order valence-electron chi connectivity index (χ1n) is 16.7. The lowest BCUT2D eigenvalue weighted by atomic mass is 9.72. The SMILES string of the molecule is C=C(NCC(F)(F)F)C1(CCCCN2CCC(NC(=O)C3=CCCCC3c3ccccc3)CC2)c2ccccc2-c2ccccc21. The van der Waals surface area contributed by atoms with E-state index in [1.165, 1.54) is 5.56 Å². The predicted octanol–water partition coefficient (Wildman–Crippen LogP) is 8.26. The molecule has 1 heterocycles. The zero-order valence-corrected chi connectivity index (χ0v) is 26.4. The van der Waals surface area contributed by atoms with E-state index in [0.29, 0.717) is 12.1 Å². The minimum atomic E-state index is -4.33. The third-order valence-corrected chi connectivity index (χ3v) is 10.2. The Kier molecular flexibility index (Phi) is 9.69. The second-order valence-electron chi connectivity index (χ2n) is 13.0. The van der Waals surface area contributed by atoms with E-state index in [9.17, 15) is 18.0 Å². The summed E-state index contributed by atoms with van der Waals surface area (Å²) in [5.74, 6) is 0.241. The molecular formula is C39H44F3N3O. The number of likely N-dealkylation sites (tertiary alicyclic amines) is 1. The largest absolute Gasteiger partial charge is 0.405 e. The molecule has 1 amide bonds. The Hall–Kier alpha value is -3.84. The molecule has 0 bridgehead atoms. The number of carbonyl (C=O) groups is 1. The van der Waals surface area contributed by atoms with Crippen LogP contribution in [0.3, 0.4) is 0 Å². The Morgan fingerprint density at radius 2 is 1.50 bits per heavy atom. The normalized spacial score (nSPS) is 19.5. The number of hydrogen-bond donors (Lipinski definition) is 2. The molecule has 2 aliphatic carbocycles. The maximum atomic E-state index is 13.4. The highest BCUT2D eigenvalue weighted by molar-refractivity contribution is 5.95. The highest BCUT2D eigenvalue weighted by Crippen LogP contribution is 2.54. The minimum Gasteiger partial charge on any atom is -0.379 e. The molecule has 0 saturated carbocycles. The van der Waals surface area contributed by atoms with Gasteiger partial charge in [0.2, 0.25) is 5.91 Å². The topological polar surface area (TPSA) is 44.4 Å². The Morgan fingerprint density at radius 3 is 2.15 bits per heavy atom. The second-order valence-corrected chi connectivity index (χ2v) is 13.0. The van der Waals surface area contributed by atoms with E-state index in [-0.39, 0.29) is 17.9 Å². The monoisotopic (exact) mass is 627 g/mol. The van der Waals surface area contributed by atoms with Crippen molar-refractivity contribution in [2.45, 2.75) is 74.9 Å². The molecule has 0 spiro atoms. The first kappa shape index (κ1) is 32.1. The van der Waals surface area contributed by atoms with Gasteiger partial charge in [0.25, 0.3) is 0 Å². The number of benzene rings is 3. The Bertz CT molecular complexity index is 1510. The van der Waals surface area contributed by atoms with Crippen molar-refractivity contribution in [3.8, 4) is 11.1 Å². The van der Waals surface area contributed by atoms with E-state index >= 15 is 0 Å². The fourth-order valence-corrected chi connectivity index (χ4v) is 7.88. The maximum Gasteiger partial charge on any atom is 0.405 e. The van der Waals surface area contributed by atoms with Crippen LogP contribution >= 0.6 is 0 Å². The van der Waals surface area contributed by atoms with Crippen molar-refractivity contribution in [3.63, 3.8) is 0 Å². The molecule has 6 rings (SSSR count). The molecule has 1 saturated heterocycles. The summed E-state index contributed by atoms with van der Waals surface area (Å²) in [5.41, 5.74) is 5.99. The quantitative estimate of drug-likeness (QED) is 0.211. The van der Waals surface area contributed by atoms with Gasteiger partial charge >= 0.3 is 6.18 Å². The first-order chi connectivity index (χ1) is 22.3. The maximum absolute atomic E-state index is 13.4. The molecule has 2 N–H and O–H groups in total. The number of amides is 1. The molecule has 0 aromatic heterocycles. The van der Waals surface area contributed by atoms with Gasteiger partial charge in [-0.3, -0.25) is 4.79 Å². The molecule has 242 valence electrons. The molecule has 4 nitrogen and oxygen atoms in total. The van der Waals surface area contributed by atoms with Crippen molar-refractivity contribution in [2.24, 2.45) is 0 Å². The number of hydrogen-bond acceptors (Lipinski definition) is 3. The van der Waals surface area contributed by atoms with Crippen LogP contribution in [-0.2, 0) is 10.2 Å². The lowest BCUT2D eigenvalue weighted by Gasteiger charge is -2.36. The average Bonchev–Trinajstić information content (AvgIpc) is 3.37. The van der Waals surface area contributed by atoms with Crippen LogP contribution in [0.4, 0.5) is 13.2 Å². The number of alkyl halides is 3. The van der Waals surface area contributed by atoms with Gasteiger partial charge in [0.05, 0.1) is 5.41 Å². The number of unbranched alkanes of at least 4 members (excludes halogenated alkanes) is 1. The summed E-state index contributed by atoms with van der Waals surface area (Å²) in [6.45, 7) is 5.86. The third kappa shape index (κ3) is 6.80. The molecule has 0 radical (unpaired) electrons. The van der Waals surface area contributed by atoms with Crippen LogP contribution in [0.15, 0.2) is 103 Å². The molecule has 3 aromatic carbocycles. The zero-order valence-electron chi connectivity index (χ0n) is 26.4. The van der Waals surface area contributed by atoms with Gasteiger partial charge in [0.1, 0.15) is 6.54 Å². The zero-order chi connectivity index (χ0) is 32.1. The summed E-state index contributed by atoms with van der Waals surface area (Å²) in [6.07, 6.45) is 5.15. The third-order valence-electron chi connectivity index (χ3n) is 10.2. The van der Waals surface area contributed by atoms with Gasteiger partial charge in [0, 0.05) is 36.3 Å². The Morgan fingerprint density at radius 1 is 0.870 bits per heavy atom. The summed E-state index contributed by atoms with van der Waals surface area (Å²) in [7, 11) is 0. The van der Waals surface area contributed by atoms with Gasteiger partial charge < -0.3 is 15.5 Å². The van der Waals surface area contributed by atoms with Crippen LogP contribution in [0.25, 0.3) is 11.1 Å². The predicted molar refractivity (Wildman–Crippen MR) is 178 cm³/mol. The highest BCUT2D eigenvalue weighted by Gasteiger charge is 2.45. The molecule has 3 aromatic rings. The molecule has 1 atom stereocenters. The van der Waals surface area contributed by atoms with Crippen LogP contribution in [-0.4, -0.2) is 49.2 Å².